The largest absolute Gasteiger partial charge is 0.392 e. The highest BCUT2D eigenvalue weighted by Crippen LogP contribution is 2.23. The van der Waals surface area contributed by atoms with Crippen LogP contribution in [0.3, 0.4) is 0 Å². The molecule has 0 saturated carbocycles. The van der Waals surface area contributed by atoms with E-state index in [4.69, 9.17) is 5.11 Å². The Morgan fingerprint density at radius 1 is 1.42 bits per heavy atom. The van der Waals surface area contributed by atoms with Crippen LogP contribution in [0, 0.1) is 0 Å². The third-order valence-corrected chi connectivity index (χ3v) is 1.72. The molecule has 12 heavy (non-hydrogen) atoms. The normalized spacial score (nSPS) is 16.6. The van der Waals surface area contributed by atoms with Crippen molar-refractivity contribution in [3.8, 4) is 0 Å². The second kappa shape index (κ2) is 5.95. The van der Waals surface area contributed by atoms with Gasteiger partial charge in [0, 0.05) is 0 Å². The standard InChI is InChI=1S/C8H11FO.C2H6/c1-6-2-3-7(5-10)8(9)4-6;1-2/h4,10H,2-3,5H2,1H3;1-2H3. The van der Waals surface area contributed by atoms with Gasteiger partial charge in [-0.2, -0.15) is 0 Å². The molecule has 0 spiro atoms. The van der Waals surface area contributed by atoms with Gasteiger partial charge >= 0.3 is 0 Å². The van der Waals surface area contributed by atoms with E-state index < -0.39 is 0 Å². The maximum Gasteiger partial charge on any atom is 0.124 e. The van der Waals surface area contributed by atoms with Crippen molar-refractivity contribution >= 4 is 0 Å². The van der Waals surface area contributed by atoms with Crippen molar-refractivity contribution in [2.75, 3.05) is 6.61 Å². The molecule has 0 amide bonds. The van der Waals surface area contributed by atoms with Crippen LogP contribution in [0.4, 0.5) is 4.39 Å². The van der Waals surface area contributed by atoms with Crippen LogP contribution in [0.5, 0.6) is 0 Å². The SMILES string of the molecule is CC.CC1=CC(F)=C(CO)CC1. The summed E-state index contributed by atoms with van der Waals surface area (Å²) in [5, 5.41) is 8.62. The Bertz CT molecular complexity index is 192. The van der Waals surface area contributed by atoms with Crippen LogP contribution in [0.25, 0.3) is 0 Å². The van der Waals surface area contributed by atoms with Crippen molar-refractivity contribution in [1.82, 2.24) is 0 Å². The fourth-order valence-electron chi connectivity index (χ4n) is 1.01. The molecule has 0 aromatic carbocycles. The highest BCUT2D eigenvalue weighted by molar-refractivity contribution is 5.28. The van der Waals surface area contributed by atoms with Crippen LogP contribution in [-0.4, -0.2) is 11.7 Å². The summed E-state index contributed by atoms with van der Waals surface area (Å²) in [4.78, 5) is 0. The first kappa shape index (κ1) is 11.4. The first-order chi connectivity index (χ1) is 5.74. The lowest BCUT2D eigenvalue weighted by atomic mass is 9.99. The molecule has 2 heteroatoms. The van der Waals surface area contributed by atoms with Crippen molar-refractivity contribution < 1.29 is 9.50 Å². The molecule has 70 valence electrons. The van der Waals surface area contributed by atoms with Crippen molar-refractivity contribution in [2.45, 2.75) is 33.6 Å². The number of rotatable bonds is 1. The van der Waals surface area contributed by atoms with Crippen LogP contribution in [0.2, 0.25) is 0 Å². The topological polar surface area (TPSA) is 20.2 Å². The number of halogens is 1. The second-order valence-corrected chi connectivity index (χ2v) is 2.60. The molecule has 0 heterocycles. The molecule has 0 radical (unpaired) electrons. The van der Waals surface area contributed by atoms with E-state index in [0.29, 0.717) is 12.0 Å². The number of allylic oxidation sites excluding steroid dienone is 3. The molecular formula is C10H17FO. The van der Waals surface area contributed by atoms with Gasteiger partial charge in [0.2, 0.25) is 0 Å². The van der Waals surface area contributed by atoms with Gasteiger partial charge in [-0.05, 0) is 31.4 Å². The van der Waals surface area contributed by atoms with E-state index in [1.165, 1.54) is 6.08 Å². The highest BCUT2D eigenvalue weighted by Gasteiger charge is 2.09. The number of aliphatic hydroxyl groups excluding tert-OH is 1. The molecule has 1 rings (SSSR count). The van der Waals surface area contributed by atoms with E-state index in [0.717, 1.165) is 12.0 Å². The number of hydrogen-bond donors (Lipinski definition) is 1. The van der Waals surface area contributed by atoms with Gasteiger partial charge in [-0.3, -0.25) is 0 Å². The van der Waals surface area contributed by atoms with Crippen LogP contribution in [-0.2, 0) is 0 Å². The van der Waals surface area contributed by atoms with Crippen molar-refractivity contribution in [3.05, 3.63) is 23.0 Å². The minimum Gasteiger partial charge on any atom is -0.392 e. The van der Waals surface area contributed by atoms with E-state index in [9.17, 15) is 4.39 Å². The molecule has 0 unspecified atom stereocenters. The van der Waals surface area contributed by atoms with Gasteiger partial charge in [-0.25, -0.2) is 4.39 Å². The van der Waals surface area contributed by atoms with Gasteiger partial charge in [-0.15, -0.1) is 0 Å². The smallest absolute Gasteiger partial charge is 0.124 e. The Hall–Kier alpha value is -0.630. The lowest BCUT2D eigenvalue weighted by Crippen LogP contribution is -1.98. The predicted molar refractivity (Wildman–Crippen MR) is 49.6 cm³/mol. The number of hydrogen-bond acceptors (Lipinski definition) is 1. The zero-order valence-corrected chi connectivity index (χ0v) is 8.02. The fraction of sp³-hybridized carbons (Fsp3) is 0.600. The molecule has 0 aromatic heterocycles. The lowest BCUT2D eigenvalue weighted by Gasteiger charge is -2.10. The van der Waals surface area contributed by atoms with E-state index >= 15 is 0 Å². The van der Waals surface area contributed by atoms with Crippen LogP contribution >= 0.6 is 0 Å². The molecular weight excluding hydrogens is 155 g/mol. The lowest BCUT2D eigenvalue weighted by molar-refractivity contribution is 0.321. The summed E-state index contributed by atoms with van der Waals surface area (Å²) in [6.45, 7) is 5.75. The predicted octanol–water partition coefficient (Wildman–Crippen LogP) is 2.97. The summed E-state index contributed by atoms with van der Waals surface area (Å²) in [5.74, 6) is -0.244. The minimum atomic E-state index is -0.244. The van der Waals surface area contributed by atoms with E-state index in [1.54, 1.807) is 0 Å². The Morgan fingerprint density at radius 2 is 2.00 bits per heavy atom. The molecule has 1 nitrogen and oxygen atoms in total. The first-order valence-electron chi connectivity index (χ1n) is 4.39. The molecule has 0 aliphatic heterocycles. The molecule has 1 aliphatic carbocycles. The quantitative estimate of drug-likeness (QED) is 0.644. The van der Waals surface area contributed by atoms with Crippen LogP contribution in [0.15, 0.2) is 23.0 Å². The summed E-state index contributed by atoms with van der Waals surface area (Å²) in [7, 11) is 0. The Morgan fingerprint density at radius 3 is 2.42 bits per heavy atom. The van der Waals surface area contributed by atoms with Crippen LogP contribution in [0.1, 0.15) is 33.6 Å². The number of aliphatic hydroxyl groups is 1. The summed E-state index contributed by atoms with van der Waals surface area (Å²) in [6.07, 6.45) is 3.04. The van der Waals surface area contributed by atoms with Crippen molar-refractivity contribution in [2.24, 2.45) is 0 Å². The van der Waals surface area contributed by atoms with Crippen molar-refractivity contribution in [1.29, 1.82) is 0 Å². The molecule has 0 atom stereocenters. The molecule has 0 saturated heterocycles. The molecule has 0 aromatic rings. The van der Waals surface area contributed by atoms with E-state index in [2.05, 4.69) is 0 Å². The Balaban J connectivity index is 0.000000561. The van der Waals surface area contributed by atoms with Gasteiger partial charge in [0.05, 0.1) is 6.61 Å². The Labute approximate surface area is 73.6 Å². The molecule has 0 bridgehead atoms. The summed E-state index contributed by atoms with van der Waals surface area (Å²) in [5.41, 5.74) is 1.58. The van der Waals surface area contributed by atoms with Gasteiger partial charge < -0.3 is 5.11 Å². The van der Waals surface area contributed by atoms with E-state index in [1.807, 2.05) is 20.8 Å². The van der Waals surface area contributed by atoms with Gasteiger partial charge in [0.15, 0.2) is 0 Å². The zero-order valence-electron chi connectivity index (χ0n) is 8.02. The fourth-order valence-corrected chi connectivity index (χ4v) is 1.01. The maximum atomic E-state index is 12.7. The average molecular weight is 172 g/mol. The summed E-state index contributed by atoms with van der Waals surface area (Å²) >= 11 is 0. The van der Waals surface area contributed by atoms with Gasteiger partial charge in [-0.1, -0.05) is 19.4 Å². The zero-order chi connectivity index (χ0) is 9.56. The average Bonchev–Trinajstić information content (AvgIpc) is 2.08. The van der Waals surface area contributed by atoms with Gasteiger partial charge in [0.25, 0.3) is 0 Å². The monoisotopic (exact) mass is 172 g/mol. The maximum absolute atomic E-state index is 12.7. The molecule has 1 aliphatic rings. The third-order valence-electron chi connectivity index (χ3n) is 1.72. The third kappa shape index (κ3) is 3.18. The van der Waals surface area contributed by atoms with Crippen molar-refractivity contribution in [3.63, 3.8) is 0 Å². The first-order valence-corrected chi connectivity index (χ1v) is 4.39. The minimum absolute atomic E-state index is 0.143. The summed E-state index contributed by atoms with van der Waals surface area (Å²) < 4.78 is 12.7. The van der Waals surface area contributed by atoms with Gasteiger partial charge in [0.1, 0.15) is 5.83 Å². The second-order valence-electron chi connectivity index (χ2n) is 2.60. The molecule has 0 fully saturated rings. The molecule has 1 N–H and O–H groups in total. The Kier molecular flexibility index (Phi) is 5.64. The highest BCUT2D eigenvalue weighted by atomic mass is 19.1. The summed E-state index contributed by atoms with van der Waals surface area (Å²) in [6, 6.07) is 0. The van der Waals surface area contributed by atoms with E-state index in [-0.39, 0.29) is 12.4 Å². The van der Waals surface area contributed by atoms with Crippen LogP contribution < -0.4 is 0 Å².